The number of halogens is 1. The van der Waals surface area contributed by atoms with E-state index in [0.717, 1.165) is 20.7 Å². The zero-order valence-electron chi connectivity index (χ0n) is 11.3. The van der Waals surface area contributed by atoms with Crippen molar-refractivity contribution < 1.29 is 9.15 Å². The second-order valence-electron chi connectivity index (χ2n) is 4.67. The van der Waals surface area contributed by atoms with Gasteiger partial charge >= 0.3 is 0 Å². The lowest BCUT2D eigenvalue weighted by Crippen LogP contribution is -1.86. The van der Waals surface area contributed by atoms with Crippen LogP contribution in [0.25, 0.3) is 20.7 Å². The molecular weight excluding hydrogens is 318 g/mol. The molecule has 3 heterocycles. The van der Waals surface area contributed by atoms with Crippen LogP contribution in [-0.2, 0) is 0 Å². The Labute approximate surface area is 135 Å². The Bertz CT molecular complexity index is 931. The number of furan rings is 1. The fraction of sp³-hybridized carbons (Fsp3) is 0. The highest BCUT2D eigenvalue weighted by Gasteiger charge is 2.12. The number of hydrogen-bond donors (Lipinski definition) is 0. The molecule has 4 aromatic rings. The first-order valence-corrected chi connectivity index (χ1v) is 7.84. The minimum absolute atomic E-state index is 0.570. The smallest absolute Gasteiger partial charge is 0.154 e. The third-order valence-corrected chi connectivity index (χ3v) is 4.63. The van der Waals surface area contributed by atoms with Crippen molar-refractivity contribution in [2.45, 2.75) is 0 Å². The molecule has 0 atom stereocenters. The van der Waals surface area contributed by atoms with Gasteiger partial charge in [-0.3, -0.25) is 4.98 Å². The quantitative estimate of drug-likeness (QED) is 0.462. The number of para-hydroxylation sites is 1. The minimum atomic E-state index is 0.570. The highest BCUT2D eigenvalue weighted by Crippen LogP contribution is 2.39. The molecule has 0 spiro atoms. The van der Waals surface area contributed by atoms with E-state index in [1.165, 1.54) is 0 Å². The van der Waals surface area contributed by atoms with Crippen LogP contribution in [0, 0.1) is 0 Å². The minimum Gasteiger partial charge on any atom is -0.464 e. The average molecular weight is 328 g/mol. The number of pyridine rings is 1. The molecule has 3 nitrogen and oxygen atoms in total. The van der Waals surface area contributed by atoms with Gasteiger partial charge < -0.3 is 9.15 Å². The van der Waals surface area contributed by atoms with Crippen molar-refractivity contribution in [3.8, 4) is 22.1 Å². The Morgan fingerprint density at radius 1 is 1.05 bits per heavy atom. The van der Waals surface area contributed by atoms with E-state index < -0.39 is 0 Å². The molecule has 3 aromatic heterocycles. The van der Waals surface area contributed by atoms with Gasteiger partial charge in [0.25, 0.3) is 0 Å². The van der Waals surface area contributed by atoms with Gasteiger partial charge in [0.05, 0.1) is 27.1 Å². The normalized spacial score (nSPS) is 11.0. The van der Waals surface area contributed by atoms with Gasteiger partial charge in [-0.05, 0) is 30.3 Å². The Morgan fingerprint density at radius 3 is 2.77 bits per heavy atom. The van der Waals surface area contributed by atoms with Gasteiger partial charge in [0.2, 0.25) is 0 Å². The first-order valence-electron chi connectivity index (χ1n) is 6.65. The molecule has 0 aliphatic carbocycles. The van der Waals surface area contributed by atoms with Crippen LogP contribution in [-0.4, -0.2) is 4.98 Å². The lowest BCUT2D eigenvalue weighted by Gasteiger charge is -2.07. The third-order valence-electron chi connectivity index (χ3n) is 3.23. The number of ether oxygens (including phenoxy) is 1. The summed E-state index contributed by atoms with van der Waals surface area (Å²) in [5, 5.41) is 1.56. The van der Waals surface area contributed by atoms with Crippen molar-refractivity contribution in [1.29, 1.82) is 0 Å². The van der Waals surface area contributed by atoms with Crippen LogP contribution in [0.1, 0.15) is 0 Å². The first kappa shape index (κ1) is 13.4. The highest BCUT2D eigenvalue weighted by atomic mass is 35.5. The Morgan fingerprint density at radius 2 is 1.95 bits per heavy atom. The van der Waals surface area contributed by atoms with E-state index in [9.17, 15) is 0 Å². The maximum Gasteiger partial charge on any atom is 0.154 e. The molecule has 22 heavy (non-hydrogen) atoms. The molecule has 0 radical (unpaired) electrons. The molecule has 0 N–H and O–H groups in total. The third kappa shape index (κ3) is 2.36. The number of aromatic nitrogens is 1. The van der Waals surface area contributed by atoms with Crippen LogP contribution < -0.4 is 4.74 Å². The molecule has 0 aliphatic heterocycles. The van der Waals surface area contributed by atoms with E-state index in [0.29, 0.717) is 16.5 Å². The van der Waals surface area contributed by atoms with Gasteiger partial charge in [-0.25, -0.2) is 0 Å². The molecule has 5 heteroatoms. The topological polar surface area (TPSA) is 35.3 Å². The number of rotatable bonds is 3. The SMILES string of the molecule is Clc1ccccc1Oc1cncc2sc(-c3ccco3)cc12. The standard InChI is InChI=1S/C17H10ClNO2S/c18-12-4-1-2-5-13(12)21-15-9-19-10-17-11(15)8-16(22-17)14-6-3-7-20-14/h1-10H. The summed E-state index contributed by atoms with van der Waals surface area (Å²) >= 11 is 7.77. The maximum absolute atomic E-state index is 6.15. The second-order valence-corrected chi connectivity index (χ2v) is 6.16. The largest absolute Gasteiger partial charge is 0.464 e. The van der Waals surface area contributed by atoms with Gasteiger partial charge in [-0.15, -0.1) is 11.3 Å². The van der Waals surface area contributed by atoms with Crippen molar-refractivity contribution in [3.05, 3.63) is 66.1 Å². The van der Waals surface area contributed by atoms with Gasteiger partial charge in [0.15, 0.2) is 5.75 Å². The van der Waals surface area contributed by atoms with Crippen LogP contribution in [0.3, 0.4) is 0 Å². The van der Waals surface area contributed by atoms with Crippen molar-refractivity contribution in [3.63, 3.8) is 0 Å². The lowest BCUT2D eigenvalue weighted by molar-refractivity contribution is 0.486. The molecule has 1 aromatic carbocycles. The summed E-state index contributed by atoms with van der Waals surface area (Å²) in [6.07, 6.45) is 5.19. The number of hydrogen-bond acceptors (Lipinski definition) is 4. The summed E-state index contributed by atoms with van der Waals surface area (Å²) in [4.78, 5) is 5.28. The summed E-state index contributed by atoms with van der Waals surface area (Å²) in [6.45, 7) is 0. The monoisotopic (exact) mass is 327 g/mol. The molecular formula is C17H10ClNO2S. The maximum atomic E-state index is 6.15. The molecule has 0 fully saturated rings. The number of nitrogens with zero attached hydrogens (tertiary/aromatic N) is 1. The van der Waals surface area contributed by atoms with Crippen LogP contribution in [0.15, 0.2) is 65.5 Å². The average Bonchev–Trinajstić information content (AvgIpc) is 3.18. The van der Waals surface area contributed by atoms with Gasteiger partial charge in [-0.1, -0.05) is 23.7 Å². The predicted molar refractivity (Wildman–Crippen MR) is 88.8 cm³/mol. The number of thiophene rings is 1. The van der Waals surface area contributed by atoms with Crippen molar-refractivity contribution in [1.82, 2.24) is 4.98 Å². The molecule has 0 aliphatic rings. The molecule has 0 amide bonds. The van der Waals surface area contributed by atoms with Gasteiger partial charge in [0.1, 0.15) is 11.5 Å². The fourth-order valence-corrected chi connectivity index (χ4v) is 3.39. The number of benzene rings is 1. The van der Waals surface area contributed by atoms with Crippen molar-refractivity contribution in [2.24, 2.45) is 0 Å². The summed E-state index contributed by atoms with van der Waals surface area (Å²) in [5.74, 6) is 2.13. The van der Waals surface area contributed by atoms with Crippen molar-refractivity contribution >= 4 is 33.0 Å². The predicted octanol–water partition coefficient (Wildman–Crippen LogP) is 6.00. The van der Waals surface area contributed by atoms with Crippen molar-refractivity contribution in [2.75, 3.05) is 0 Å². The van der Waals surface area contributed by atoms with Crippen LogP contribution in [0.4, 0.5) is 0 Å². The molecule has 4 rings (SSSR count). The lowest BCUT2D eigenvalue weighted by atomic mass is 10.2. The molecule has 0 saturated carbocycles. The van der Waals surface area contributed by atoms with E-state index in [1.807, 2.05) is 42.6 Å². The summed E-state index contributed by atoms with van der Waals surface area (Å²) in [5.41, 5.74) is 0. The van der Waals surface area contributed by atoms with Gasteiger partial charge in [0, 0.05) is 11.6 Å². The summed E-state index contributed by atoms with van der Waals surface area (Å²) in [6, 6.07) is 13.2. The highest BCUT2D eigenvalue weighted by molar-refractivity contribution is 7.22. The van der Waals surface area contributed by atoms with Crippen LogP contribution >= 0.6 is 22.9 Å². The Kier molecular flexibility index (Phi) is 3.33. The summed E-state index contributed by atoms with van der Waals surface area (Å²) in [7, 11) is 0. The zero-order chi connectivity index (χ0) is 14.9. The van der Waals surface area contributed by atoms with Crippen LogP contribution in [0.2, 0.25) is 5.02 Å². The molecule has 0 unspecified atom stereocenters. The zero-order valence-corrected chi connectivity index (χ0v) is 12.9. The molecule has 108 valence electrons. The molecule has 0 bridgehead atoms. The van der Waals surface area contributed by atoms with E-state index in [-0.39, 0.29) is 0 Å². The second kappa shape index (κ2) is 5.48. The van der Waals surface area contributed by atoms with E-state index >= 15 is 0 Å². The van der Waals surface area contributed by atoms with Crippen LogP contribution in [0.5, 0.6) is 11.5 Å². The van der Waals surface area contributed by atoms with E-state index in [2.05, 4.69) is 4.98 Å². The first-order chi connectivity index (χ1) is 10.8. The number of fused-ring (bicyclic) bond motifs is 1. The summed E-state index contributed by atoms with van der Waals surface area (Å²) < 4.78 is 12.4. The Balaban J connectivity index is 1.80. The Hall–Kier alpha value is -2.30. The van der Waals surface area contributed by atoms with Gasteiger partial charge in [-0.2, -0.15) is 0 Å². The van der Waals surface area contributed by atoms with E-state index in [4.69, 9.17) is 20.8 Å². The fourth-order valence-electron chi connectivity index (χ4n) is 2.20. The van der Waals surface area contributed by atoms with E-state index in [1.54, 1.807) is 29.9 Å². The molecule has 0 saturated heterocycles.